The van der Waals surface area contributed by atoms with Crippen molar-refractivity contribution in [1.82, 2.24) is 15.0 Å². The normalized spacial score (nSPS) is 11.0. The average Bonchev–Trinajstić information content (AvgIpc) is 2.97. The zero-order valence-electron chi connectivity index (χ0n) is 12.2. The van der Waals surface area contributed by atoms with Crippen LogP contribution in [0.3, 0.4) is 0 Å². The molecular formula is C17H16ClN3O. The van der Waals surface area contributed by atoms with E-state index in [0.29, 0.717) is 23.3 Å². The molecule has 2 aromatic carbocycles. The maximum absolute atomic E-state index is 5.88. The Balaban J connectivity index is 1.65. The van der Waals surface area contributed by atoms with Crippen molar-refractivity contribution in [3.63, 3.8) is 0 Å². The molecule has 3 rings (SSSR count). The molecule has 22 heavy (non-hydrogen) atoms. The van der Waals surface area contributed by atoms with Gasteiger partial charge in [0.25, 0.3) is 0 Å². The highest BCUT2D eigenvalue weighted by atomic mass is 35.5. The van der Waals surface area contributed by atoms with E-state index in [1.54, 1.807) is 0 Å². The molecule has 4 nitrogen and oxygen atoms in total. The molecule has 1 heterocycles. The molecule has 0 aliphatic carbocycles. The molecule has 0 aliphatic rings. The van der Waals surface area contributed by atoms with Crippen LogP contribution in [0, 0.1) is 0 Å². The number of halogens is 1. The molecule has 0 amide bonds. The summed E-state index contributed by atoms with van der Waals surface area (Å²) in [5.41, 5.74) is 2.15. The molecule has 0 radical (unpaired) electrons. The van der Waals surface area contributed by atoms with Gasteiger partial charge in [-0.05, 0) is 36.9 Å². The zero-order chi connectivity index (χ0) is 15.4. The van der Waals surface area contributed by atoms with Crippen LogP contribution in [0.4, 0.5) is 0 Å². The summed E-state index contributed by atoms with van der Waals surface area (Å²) in [6.07, 6.45) is 0. The first-order chi connectivity index (χ1) is 10.7. The van der Waals surface area contributed by atoms with Gasteiger partial charge in [-0.15, -0.1) is 0 Å². The van der Waals surface area contributed by atoms with E-state index in [-0.39, 0.29) is 0 Å². The van der Waals surface area contributed by atoms with Crippen molar-refractivity contribution < 1.29 is 4.52 Å². The van der Waals surface area contributed by atoms with Crippen LogP contribution in [0.1, 0.15) is 11.5 Å². The highest BCUT2D eigenvalue weighted by molar-refractivity contribution is 6.30. The maximum atomic E-state index is 5.88. The van der Waals surface area contributed by atoms with E-state index in [4.69, 9.17) is 16.1 Å². The van der Waals surface area contributed by atoms with E-state index >= 15 is 0 Å². The van der Waals surface area contributed by atoms with Gasteiger partial charge in [0.05, 0.1) is 6.54 Å². The second kappa shape index (κ2) is 6.73. The molecule has 1 aromatic heterocycles. The van der Waals surface area contributed by atoms with Gasteiger partial charge in [0, 0.05) is 17.1 Å². The van der Waals surface area contributed by atoms with Gasteiger partial charge in [-0.2, -0.15) is 4.98 Å². The Bertz CT molecular complexity index is 725. The summed E-state index contributed by atoms with van der Waals surface area (Å²) >= 11 is 5.88. The summed E-state index contributed by atoms with van der Waals surface area (Å²) < 4.78 is 5.32. The lowest BCUT2D eigenvalue weighted by molar-refractivity contribution is 0.261. The molecule has 0 fully saturated rings. The highest BCUT2D eigenvalue weighted by Gasteiger charge is 2.11. The molecule has 0 unspecified atom stereocenters. The standard InChI is InChI=1S/C17H16ClN3O/c1-21(11-13-5-3-2-4-6-13)12-16-19-17(20-22-16)14-7-9-15(18)10-8-14/h2-10H,11-12H2,1H3. The number of hydrogen-bond donors (Lipinski definition) is 0. The molecule has 0 bridgehead atoms. The predicted molar refractivity (Wildman–Crippen MR) is 86.4 cm³/mol. The molecule has 0 N–H and O–H groups in total. The summed E-state index contributed by atoms with van der Waals surface area (Å²) in [6, 6.07) is 17.7. The van der Waals surface area contributed by atoms with E-state index in [0.717, 1.165) is 12.1 Å². The molecule has 0 spiro atoms. The third-order valence-electron chi connectivity index (χ3n) is 3.27. The Kier molecular flexibility index (Phi) is 4.51. The monoisotopic (exact) mass is 313 g/mol. The lowest BCUT2D eigenvalue weighted by Crippen LogP contribution is -2.17. The first kappa shape index (κ1) is 14.8. The molecule has 3 aromatic rings. The van der Waals surface area contributed by atoms with Crippen molar-refractivity contribution in [1.29, 1.82) is 0 Å². The second-order valence-corrected chi connectivity index (χ2v) is 5.61. The van der Waals surface area contributed by atoms with Crippen LogP contribution in [0.2, 0.25) is 5.02 Å². The Labute approximate surface area is 134 Å². The van der Waals surface area contributed by atoms with Crippen LogP contribution in [-0.4, -0.2) is 22.1 Å². The topological polar surface area (TPSA) is 42.2 Å². The minimum Gasteiger partial charge on any atom is -0.338 e. The van der Waals surface area contributed by atoms with Gasteiger partial charge in [-0.3, -0.25) is 4.90 Å². The number of rotatable bonds is 5. The van der Waals surface area contributed by atoms with E-state index in [9.17, 15) is 0 Å². The lowest BCUT2D eigenvalue weighted by atomic mass is 10.2. The third-order valence-corrected chi connectivity index (χ3v) is 3.52. The fraction of sp³-hybridized carbons (Fsp3) is 0.176. The zero-order valence-corrected chi connectivity index (χ0v) is 13.0. The van der Waals surface area contributed by atoms with Crippen molar-refractivity contribution in [2.75, 3.05) is 7.05 Å². The van der Waals surface area contributed by atoms with Gasteiger partial charge in [0.1, 0.15) is 0 Å². The predicted octanol–water partition coefficient (Wildman–Crippen LogP) is 4.02. The van der Waals surface area contributed by atoms with Crippen LogP contribution in [0.5, 0.6) is 0 Å². The van der Waals surface area contributed by atoms with Crippen molar-refractivity contribution in [3.05, 3.63) is 71.1 Å². The van der Waals surface area contributed by atoms with Crippen LogP contribution >= 0.6 is 11.6 Å². The fourth-order valence-corrected chi connectivity index (χ4v) is 2.34. The first-order valence-electron chi connectivity index (χ1n) is 7.02. The molecule has 0 aliphatic heterocycles. The number of hydrogen-bond acceptors (Lipinski definition) is 4. The number of benzene rings is 2. The summed E-state index contributed by atoms with van der Waals surface area (Å²) in [4.78, 5) is 6.56. The Morgan fingerprint density at radius 1 is 1.00 bits per heavy atom. The fourth-order valence-electron chi connectivity index (χ4n) is 2.22. The van der Waals surface area contributed by atoms with Crippen molar-refractivity contribution in [2.45, 2.75) is 13.1 Å². The van der Waals surface area contributed by atoms with Crippen LogP contribution in [0.15, 0.2) is 59.1 Å². The molecule has 0 saturated heterocycles. The molecular weight excluding hydrogens is 298 g/mol. The van der Waals surface area contributed by atoms with E-state index in [1.807, 2.05) is 49.5 Å². The number of nitrogens with zero attached hydrogens (tertiary/aromatic N) is 3. The van der Waals surface area contributed by atoms with Crippen molar-refractivity contribution >= 4 is 11.6 Å². The molecule has 5 heteroatoms. The quantitative estimate of drug-likeness (QED) is 0.713. The second-order valence-electron chi connectivity index (χ2n) is 5.18. The van der Waals surface area contributed by atoms with Gasteiger partial charge < -0.3 is 4.52 Å². The lowest BCUT2D eigenvalue weighted by Gasteiger charge is -2.13. The Morgan fingerprint density at radius 2 is 1.73 bits per heavy atom. The minimum atomic E-state index is 0.583. The van der Waals surface area contributed by atoms with Crippen molar-refractivity contribution in [2.24, 2.45) is 0 Å². The van der Waals surface area contributed by atoms with Gasteiger partial charge >= 0.3 is 0 Å². The number of aromatic nitrogens is 2. The van der Waals surface area contributed by atoms with Gasteiger partial charge in [-0.25, -0.2) is 0 Å². The SMILES string of the molecule is CN(Cc1ccccc1)Cc1nc(-c2ccc(Cl)cc2)no1. The summed E-state index contributed by atoms with van der Waals surface area (Å²) in [6.45, 7) is 1.44. The average molecular weight is 314 g/mol. The smallest absolute Gasteiger partial charge is 0.241 e. The van der Waals surface area contributed by atoms with Gasteiger partial charge in [0.2, 0.25) is 11.7 Å². The maximum Gasteiger partial charge on any atom is 0.241 e. The Hall–Kier alpha value is -2.17. The summed E-state index contributed by atoms with van der Waals surface area (Å²) in [7, 11) is 2.03. The molecule has 112 valence electrons. The first-order valence-corrected chi connectivity index (χ1v) is 7.39. The van der Waals surface area contributed by atoms with E-state index < -0.39 is 0 Å². The van der Waals surface area contributed by atoms with E-state index in [1.165, 1.54) is 5.56 Å². The summed E-state index contributed by atoms with van der Waals surface area (Å²) in [5.74, 6) is 1.18. The van der Waals surface area contributed by atoms with Crippen LogP contribution in [0.25, 0.3) is 11.4 Å². The summed E-state index contributed by atoms with van der Waals surface area (Å²) in [5, 5.41) is 4.71. The van der Waals surface area contributed by atoms with E-state index in [2.05, 4.69) is 27.2 Å². The third kappa shape index (κ3) is 3.72. The van der Waals surface area contributed by atoms with Crippen LogP contribution < -0.4 is 0 Å². The Morgan fingerprint density at radius 3 is 2.45 bits per heavy atom. The molecule has 0 saturated carbocycles. The van der Waals surface area contributed by atoms with Crippen molar-refractivity contribution in [3.8, 4) is 11.4 Å². The van der Waals surface area contributed by atoms with Crippen LogP contribution in [-0.2, 0) is 13.1 Å². The largest absolute Gasteiger partial charge is 0.338 e. The molecule has 0 atom stereocenters. The van der Waals surface area contributed by atoms with Gasteiger partial charge in [0.15, 0.2) is 0 Å². The van der Waals surface area contributed by atoms with Gasteiger partial charge in [-0.1, -0.05) is 47.1 Å². The minimum absolute atomic E-state index is 0.583. The highest BCUT2D eigenvalue weighted by Crippen LogP contribution is 2.19.